The van der Waals surface area contributed by atoms with Gasteiger partial charge in [0.1, 0.15) is 30.0 Å². The van der Waals surface area contributed by atoms with E-state index >= 15 is 0 Å². The molecule has 1 fully saturated rings. The molecule has 0 radical (unpaired) electrons. The number of fused-ring (bicyclic) bond motifs is 1. The zero-order valence-electron chi connectivity index (χ0n) is 20.2. The lowest BCUT2D eigenvalue weighted by atomic mass is 10.0. The summed E-state index contributed by atoms with van der Waals surface area (Å²) in [6, 6.07) is 0.884. The number of hydrogen-bond donors (Lipinski definition) is 3. The van der Waals surface area contributed by atoms with E-state index in [2.05, 4.69) is 20.4 Å². The first-order valence-corrected chi connectivity index (χ1v) is 14.2. The molecule has 2 aromatic heterocycles. The molecule has 5 N–H and O–H groups in total. The largest absolute Gasteiger partial charge is 0.543 e. The molecular formula is C21H25N9O5S3. The molecule has 0 spiro atoms. The average Bonchev–Trinajstić information content (AvgIpc) is 3.32. The number of nitrogens with zero attached hydrogens (tertiary/aromatic N) is 6. The highest BCUT2D eigenvalue weighted by Crippen LogP contribution is 2.41. The van der Waals surface area contributed by atoms with Crippen molar-refractivity contribution in [1.29, 1.82) is 0 Å². The smallest absolute Gasteiger partial charge is 0.382 e. The van der Waals surface area contributed by atoms with E-state index in [1.54, 1.807) is 17.6 Å². The van der Waals surface area contributed by atoms with E-state index < -0.39 is 29.2 Å². The maximum Gasteiger partial charge on any atom is 0.382 e. The van der Waals surface area contributed by atoms with Crippen molar-refractivity contribution in [3.05, 3.63) is 40.8 Å². The van der Waals surface area contributed by atoms with Crippen molar-refractivity contribution in [2.45, 2.75) is 23.2 Å². The minimum absolute atomic E-state index is 0.0362. The second-order valence-electron chi connectivity index (χ2n) is 8.03. The second-order valence-corrected chi connectivity index (χ2v) is 11.0. The van der Waals surface area contributed by atoms with E-state index in [4.69, 9.17) is 16.3 Å². The Hall–Kier alpha value is -3.41. The van der Waals surface area contributed by atoms with Gasteiger partial charge >= 0.3 is 5.16 Å². The number of thiazole rings is 1. The van der Waals surface area contributed by atoms with Gasteiger partial charge in [-0.15, -0.1) is 27.8 Å². The van der Waals surface area contributed by atoms with E-state index in [1.165, 1.54) is 34.9 Å². The molecule has 202 valence electrons. The molecule has 2 aliphatic rings. The Balaban J connectivity index is 1.37. The minimum Gasteiger partial charge on any atom is -0.543 e. The summed E-state index contributed by atoms with van der Waals surface area (Å²) in [5.74, 6) is -2.01. The van der Waals surface area contributed by atoms with E-state index in [0.717, 1.165) is 11.1 Å². The fraction of sp³-hybridized carbons (Fsp3) is 0.381. The number of hydrogen-bond acceptors (Lipinski definition) is 14. The van der Waals surface area contributed by atoms with Gasteiger partial charge in [-0.25, -0.2) is 9.99 Å². The summed E-state index contributed by atoms with van der Waals surface area (Å²) in [5.41, 5.74) is 12.1. The highest BCUT2D eigenvalue weighted by Gasteiger charge is 2.52. The molecule has 38 heavy (non-hydrogen) atoms. The Morgan fingerprint density at radius 3 is 3.03 bits per heavy atom. The lowest BCUT2D eigenvalue weighted by molar-refractivity contribution is -0.730. The highest BCUT2D eigenvalue weighted by atomic mass is 32.2. The first-order chi connectivity index (χ1) is 18.3. The van der Waals surface area contributed by atoms with Crippen LogP contribution in [-0.4, -0.2) is 81.9 Å². The molecule has 17 heteroatoms. The predicted molar refractivity (Wildman–Crippen MR) is 140 cm³/mol. The third kappa shape index (κ3) is 6.17. The molecular weight excluding hydrogens is 554 g/mol. The van der Waals surface area contributed by atoms with Gasteiger partial charge < -0.3 is 31.5 Å². The van der Waals surface area contributed by atoms with Gasteiger partial charge in [0.05, 0.1) is 23.9 Å². The number of oxime groups is 1. The molecule has 1 saturated heterocycles. The van der Waals surface area contributed by atoms with Crippen molar-refractivity contribution in [2.75, 3.05) is 42.4 Å². The fourth-order valence-corrected chi connectivity index (χ4v) is 6.74. The number of nitrogen functional groups attached to an aromatic ring is 1. The van der Waals surface area contributed by atoms with Crippen molar-refractivity contribution in [3.8, 4) is 0 Å². The monoisotopic (exact) mass is 579 g/mol. The van der Waals surface area contributed by atoms with Crippen LogP contribution < -0.4 is 31.6 Å². The molecule has 2 aromatic rings. The maximum absolute atomic E-state index is 12.8. The van der Waals surface area contributed by atoms with Crippen LogP contribution in [0.5, 0.6) is 0 Å². The molecule has 0 aliphatic carbocycles. The Morgan fingerprint density at radius 2 is 2.32 bits per heavy atom. The lowest BCUT2D eigenvalue weighted by Gasteiger charge is -2.50. The van der Waals surface area contributed by atoms with Crippen molar-refractivity contribution in [2.24, 2.45) is 10.9 Å². The van der Waals surface area contributed by atoms with E-state index in [1.807, 2.05) is 22.9 Å². The van der Waals surface area contributed by atoms with Gasteiger partial charge in [0.15, 0.2) is 11.7 Å². The number of thioether (sulfide) groups is 2. The molecule has 2 amide bonds. The third-order valence-electron chi connectivity index (χ3n) is 5.46. The van der Waals surface area contributed by atoms with Crippen molar-refractivity contribution in [1.82, 2.24) is 20.2 Å². The number of rotatable bonds is 12. The van der Waals surface area contributed by atoms with Crippen molar-refractivity contribution in [3.63, 3.8) is 0 Å². The minimum atomic E-state index is -1.45. The summed E-state index contributed by atoms with van der Waals surface area (Å²) >= 11 is 3.95. The number of aliphatic carboxylic acids is 1. The first kappa shape index (κ1) is 27.6. The topological polar surface area (TPSA) is 196 Å². The number of nitrogens with two attached hydrogens (primary N) is 2. The summed E-state index contributed by atoms with van der Waals surface area (Å²) in [5, 5.41) is 22.2. The summed E-state index contributed by atoms with van der Waals surface area (Å²) in [4.78, 5) is 51.7. The number of carbonyl (C=O) groups excluding carboxylic acids is 3. The molecule has 2 aliphatic heterocycles. The van der Waals surface area contributed by atoms with Gasteiger partial charge in [0.2, 0.25) is 0 Å². The van der Waals surface area contributed by atoms with Crippen LogP contribution in [-0.2, 0) is 25.8 Å². The second kappa shape index (κ2) is 12.4. The zero-order chi connectivity index (χ0) is 27.2. The number of carboxylic acids is 1. The molecule has 14 nitrogen and oxygen atoms in total. The van der Waals surface area contributed by atoms with E-state index in [0.29, 0.717) is 40.4 Å². The molecule has 0 bridgehead atoms. The number of β-lactam (4-membered cyclic amide) rings is 1. The summed E-state index contributed by atoms with van der Waals surface area (Å²) in [6.45, 7) is 1.09. The Morgan fingerprint density at radius 1 is 1.50 bits per heavy atom. The predicted octanol–water partition coefficient (Wildman–Crippen LogP) is -2.37. The van der Waals surface area contributed by atoms with E-state index in [9.17, 15) is 19.5 Å². The number of likely N-dealkylation sites (N-methyl/N-ethyl adjacent to an activating group) is 1. The number of carboxylic acid groups (broad SMARTS) is 1. The number of carbonyl (C=O) groups is 3. The summed E-state index contributed by atoms with van der Waals surface area (Å²) in [6.07, 6.45) is 4.38. The SMILES string of the molecule is CN(CCN)[n+]1cccnc1SCC1=C(C(=O)[O-])N2C(=O)C(NC(=O)/C=N\OCc3csc(N)n3)C2SC1. The zero-order valence-corrected chi connectivity index (χ0v) is 22.6. The lowest BCUT2D eigenvalue weighted by Crippen LogP contribution is -2.71. The Kier molecular flexibility index (Phi) is 9.03. The van der Waals surface area contributed by atoms with Crippen LogP contribution in [0.3, 0.4) is 0 Å². The average molecular weight is 580 g/mol. The molecule has 0 saturated carbocycles. The molecule has 2 unspecified atom stereocenters. The van der Waals surface area contributed by atoms with Crippen LogP contribution in [0, 0.1) is 0 Å². The van der Waals surface area contributed by atoms with Gasteiger partial charge in [-0.3, -0.25) is 14.5 Å². The van der Waals surface area contributed by atoms with E-state index in [-0.39, 0.29) is 18.1 Å². The molecule has 4 heterocycles. The maximum atomic E-state index is 12.8. The number of aromatic nitrogens is 3. The quantitative estimate of drug-likeness (QED) is 0.0605. The molecule has 0 aromatic carbocycles. The van der Waals surface area contributed by atoms with Crippen LogP contribution in [0.25, 0.3) is 0 Å². The van der Waals surface area contributed by atoms with Gasteiger partial charge in [-0.2, -0.15) is 0 Å². The first-order valence-electron chi connectivity index (χ1n) is 11.2. The van der Waals surface area contributed by atoms with Gasteiger partial charge in [0, 0.05) is 36.5 Å². The number of nitrogens with one attached hydrogen (secondary N) is 1. The number of amides is 2. The van der Waals surface area contributed by atoms with Crippen LogP contribution in [0.1, 0.15) is 5.69 Å². The van der Waals surface area contributed by atoms with Crippen LogP contribution in [0.15, 0.2) is 45.4 Å². The Labute approximate surface area is 230 Å². The van der Waals surface area contributed by atoms with Crippen molar-refractivity contribution < 1.29 is 29.0 Å². The standard InChI is InChI=1S/C21H25N9O5S3/c1-28(6-3-22)29-5-2-4-24-21(29)38-10-12-9-36-18-15(17(32)30(18)16(12)19(33)34)27-14(31)7-25-35-8-13-11-37-20(23)26-13/h2,4-5,7,11,15,18H,3,6,8-10,22H2,1H3,(H3-,23,26,27,31,33,34)/b25-7-. The fourth-order valence-electron chi connectivity index (χ4n) is 3.71. The highest BCUT2D eigenvalue weighted by molar-refractivity contribution is 8.01. The van der Waals surface area contributed by atoms with Crippen LogP contribution >= 0.6 is 34.9 Å². The number of anilines is 1. The summed E-state index contributed by atoms with van der Waals surface area (Å²) < 4.78 is 1.83. The summed E-state index contributed by atoms with van der Waals surface area (Å²) in [7, 11) is 1.87. The van der Waals surface area contributed by atoms with Crippen LogP contribution in [0.2, 0.25) is 0 Å². The van der Waals surface area contributed by atoms with Gasteiger partial charge in [-0.05, 0) is 22.3 Å². The van der Waals surface area contributed by atoms with Gasteiger partial charge in [0.25, 0.3) is 11.8 Å². The molecule has 4 rings (SSSR count). The normalized spacial score (nSPS) is 18.8. The Bertz CT molecular complexity index is 1270. The molecule has 2 atom stereocenters. The van der Waals surface area contributed by atoms with Crippen molar-refractivity contribution >= 4 is 64.0 Å². The third-order valence-corrected chi connectivity index (χ3v) is 8.56. The van der Waals surface area contributed by atoms with Gasteiger partial charge in [-0.1, -0.05) is 5.16 Å². The van der Waals surface area contributed by atoms with Crippen LogP contribution in [0.4, 0.5) is 5.13 Å².